The van der Waals surface area contributed by atoms with Crippen LogP contribution in [0.3, 0.4) is 0 Å². The van der Waals surface area contributed by atoms with Gasteiger partial charge < -0.3 is 0 Å². The van der Waals surface area contributed by atoms with Crippen molar-refractivity contribution in [2.75, 3.05) is 7.11 Å². The molecule has 0 aliphatic heterocycles. The summed E-state index contributed by atoms with van der Waals surface area (Å²) in [5, 5.41) is 0. The van der Waals surface area contributed by atoms with E-state index in [9.17, 15) is 60.7 Å². The van der Waals surface area contributed by atoms with Crippen LogP contribution in [-0.2, 0) is 24.5 Å². The topological polar surface area (TPSA) is 96.0 Å². The van der Waals surface area contributed by atoms with Gasteiger partial charge in [-0.15, -0.1) is 0 Å². The van der Waals surface area contributed by atoms with Crippen LogP contribution in [0.5, 0.6) is 5.75 Å². The van der Waals surface area contributed by atoms with Crippen LogP contribution in [-0.4, -0.2) is 58.6 Å². The molecule has 0 amide bonds. The molecular weight excluding hydrogens is 679 g/mol. The Kier molecular flexibility index (Phi) is 7.47. The van der Waals surface area contributed by atoms with Crippen LogP contribution in [0.2, 0.25) is 0 Å². The van der Waals surface area contributed by atoms with Gasteiger partial charge in [-0.3, -0.25) is 0 Å². The van der Waals surface area contributed by atoms with E-state index in [-0.39, 0.29) is 0 Å². The number of methoxy groups -OCH3 is 1. The SMILES string of the molecule is COc1c(F)c(F)[c]([Tl]([O]S(=O)(=O)C(F)(F)F)[O]S(=O)(=O)C(F)(F)F)c(F)c1F. The van der Waals surface area contributed by atoms with Crippen LogP contribution in [0.25, 0.3) is 0 Å². The fourth-order valence-electron chi connectivity index (χ4n) is 1.47. The molecule has 0 bridgehead atoms. The third kappa shape index (κ3) is 5.22. The molecule has 0 spiro atoms. The molecular formula is C9H3F10O7S2Tl. The van der Waals surface area contributed by atoms with E-state index in [0.29, 0.717) is 7.11 Å². The molecule has 0 fully saturated rings. The molecule has 0 N–H and O–H groups in total. The monoisotopic (exact) mass is 682 g/mol. The maximum atomic E-state index is 14.0. The van der Waals surface area contributed by atoms with Crippen LogP contribution in [0.4, 0.5) is 43.9 Å². The van der Waals surface area contributed by atoms with Gasteiger partial charge in [0.1, 0.15) is 0 Å². The average Bonchev–Trinajstić information content (AvgIpc) is 2.50. The molecule has 0 saturated heterocycles. The second kappa shape index (κ2) is 8.30. The molecule has 1 rings (SSSR count). The van der Waals surface area contributed by atoms with Crippen molar-refractivity contribution in [3.8, 4) is 5.75 Å². The van der Waals surface area contributed by atoms with Crippen molar-refractivity contribution in [1.29, 1.82) is 0 Å². The van der Waals surface area contributed by atoms with Crippen molar-refractivity contribution in [3.05, 3.63) is 23.3 Å². The Balaban J connectivity index is 3.80. The molecule has 0 atom stereocenters. The van der Waals surface area contributed by atoms with Crippen LogP contribution < -0.4 is 7.86 Å². The first-order valence-electron chi connectivity index (χ1n) is 6.17. The standard InChI is InChI=1S/C7H3F4O.2CHF3O3S.Tl/c1-12-7-5(10)3(8)2-4(9)6(7)11;2*2-1(3,4)8(5,6)7;/h1H3;2*(H,5,6,7);/q;;;+2/p-2. The molecule has 0 saturated carbocycles. The molecule has 7 nitrogen and oxygen atoms in total. The van der Waals surface area contributed by atoms with Crippen molar-refractivity contribution in [2.24, 2.45) is 0 Å². The minimum absolute atomic E-state index is 0.455. The van der Waals surface area contributed by atoms with Gasteiger partial charge in [-0.2, -0.15) is 0 Å². The van der Waals surface area contributed by atoms with Crippen molar-refractivity contribution in [3.63, 3.8) is 0 Å². The van der Waals surface area contributed by atoms with E-state index in [0.717, 1.165) is 0 Å². The van der Waals surface area contributed by atoms with E-state index in [1.165, 1.54) is 0 Å². The molecule has 1 aromatic carbocycles. The molecule has 29 heavy (non-hydrogen) atoms. The first kappa shape index (κ1) is 26.1. The number of hydrogen-bond donors (Lipinski definition) is 0. The van der Waals surface area contributed by atoms with Crippen molar-refractivity contribution in [1.82, 2.24) is 0 Å². The van der Waals surface area contributed by atoms with E-state index < -0.39 is 87.0 Å². The minimum atomic E-state index is -7.19. The first-order valence-corrected chi connectivity index (χ1v) is 14.9. The average molecular weight is 682 g/mol. The van der Waals surface area contributed by atoms with Crippen molar-refractivity contribution >= 4 is 47.0 Å². The quantitative estimate of drug-likeness (QED) is 0.195. The summed E-state index contributed by atoms with van der Waals surface area (Å²) >= 11 is -7.19. The summed E-state index contributed by atoms with van der Waals surface area (Å²) in [7, 11) is -13.6. The van der Waals surface area contributed by atoms with Gasteiger partial charge >= 0.3 is 164 Å². The van der Waals surface area contributed by atoms with E-state index in [2.05, 4.69) is 9.00 Å². The third-order valence-electron chi connectivity index (χ3n) is 2.69. The summed E-state index contributed by atoms with van der Waals surface area (Å²) in [6, 6.07) is 0. The molecule has 0 heterocycles. The Morgan fingerprint density at radius 3 is 1.24 bits per heavy atom. The van der Waals surface area contributed by atoms with Gasteiger partial charge in [0, 0.05) is 0 Å². The predicted octanol–water partition coefficient (Wildman–Crippen LogP) is 1.68. The van der Waals surface area contributed by atoms with E-state index >= 15 is 0 Å². The molecule has 0 unspecified atom stereocenters. The van der Waals surface area contributed by atoms with Gasteiger partial charge in [0.25, 0.3) is 0 Å². The normalized spacial score (nSPS) is 13.5. The zero-order valence-electron chi connectivity index (χ0n) is 13.0. The number of benzene rings is 1. The molecule has 20 heteroatoms. The number of hydrogen-bond acceptors (Lipinski definition) is 7. The Hall–Kier alpha value is -0.938. The Labute approximate surface area is 163 Å². The van der Waals surface area contributed by atoms with E-state index in [1.54, 1.807) is 0 Å². The van der Waals surface area contributed by atoms with Crippen LogP contribution in [0.15, 0.2) is 0 Å². The Morgan fingerprint density at radius 2 is 1.00 bits per heavy atom. The summed E-state index contributed by atoms with van der Waals surface area (Å²) in [5.41, 5.74) is -12.8. The van der Waals surface area contributed by atoms with Crippen LogP contribution in [0.1, 0.15) is 0 Å². The van der Waals surface area contributed by atoms with Gasteiger partial charge in [-0.1, -0.05) is 0 Å². The fraction of sp³-hybridized carbons (Fsp3) is 0.333. The molecule has 1 aromatic rings. The van der Waals surface area contributed by atoms with Crippen molar-refractivity contribution in [2.45, 2.75) is 11.0 Å². The summed E-state index contributed by atoms with van der Waals surface area (Å²) < 4.78 is 181. The fourth-order valence-corrected chi connectivity index (χ4v) is 16.3. The third-order valence-corrected chi connectivity index (χ3v) is 18.5. The predicted molar refractivity (Wildman–Crippen MR) is 70.3 cm³/mol. The zero-order valence-corrected chi connectivity index (χ0v) is 19.2. The van der Waals surface area contributed by atoms with Gasteiger partial charge in [0.05, 0.1) is 0 Å². The Bertz CT molecular complexity index is 927. The van der Waals surface area contributed by atoms with Crippen LogP contribution in [0, 0.1) is 23.3 Å². The Morgan fingerprint density at radius 1 is 0.690 bits per heavy atom. The van der Waals surface area contributed by atoms with Gasteiger partial charge in [0.15, 0.2) is 0 Å². The van der Waals surface area contributed by atoms with Gasteiger partial charge in [-0.05, 0) is 0 Å². The summed E-state index contributed by atoms with van der Waals surface area (Å²) in [4.78, 5) is 0. The zero-order chi connectivity index (χ0) is 23.2. The van der Waals surface area contributed by atoms with Gasteiger partial charge in [0.2, 0.25) is 0 Å². The van der Waals surface area contributed by atoms with Crippen molar-refractivity contribution < 1.29 is 69.7 Å². The maximum absolute atomic E-state index is 14.0. The molecule has 166 valence electrons. The number of ether oxygens (including phenoxy) is 1. The number of alkyl halides is 6. The summed E-state index contributed by atoms with van der Waals surface area (Å²) in [5.74, 6) is -12.5. The van der Waals surface area contributed by atoms with E-state index in [4.69, 9.17) is 0 Å². The van der Waals surface area contributed by atoms with Gasteiger partial charge in [-0.25, -0.2) is 0 Å². The molecule has 0 aliphatic rings. The summed E-state index contributed by atoms with van der Waals surface area (Å²) in [6.07, 6.45) is 0. The second-order valence-corrected chi connectivity index (χ2v) is 17.0. The second-order valence-electron chi connectivity index (χ2n) is 4.53. The number of rotatable bonds is 6. The van der Waals surface area contributed by atoms with E-state index in [1.807, 2.05) is 0 Å². The molecule has 0 aliphatic carbocycles. The first-order chi connectivity index (χ1) is 12.8. The van der Waals surface area contributed by atoms with Crippen LogP contribution >= 0.6 is 0 Å². The molecule has 0 radical (unpaired) electrons. The number of halogens is 10. The summed E-state index contributed by atoms with van der Waals surface area (Å²) in [6.45, 7) is 0. The molecule has 0 aromatic heterocycles.